The minimum absolute atomic E-state index is 0.0910. The van der Waals surface area contributed by atoms with Gasteiger partial charge in [0.2, 0.25) is 0 Å². The van der Waals surface area contributed by atoms with Crippen LogP contribution in [-0.4, -0.2) is 38.1 Å². The van der Waals surface area contributed by atoms with Gasteiger partial charge in [-0.15, -0.1) is 10.2 Å². The summed E-state index contributed by atoms with van der Waals surface area (Å²) in [6.07, 6.45) is 0. The average Bonchev–Trinajstić information content (AvgIpc) is 3.31. The van der Waals surface area contributed by atoms with E-state index in [1.165, 1.54) is 18.7 Å². The van der Waals surface area contributed by atoms with Gasteiger partial charge in [-0.25, -0.2) is 5.43 Å². The van der Waals surface area contributed by atoms with Gasteiger partial charge < -0.3 is 4.74 Å². The lowest BCUT2D eigenvalue weighted by atomic mass is 10.1. The number of amides is 1. The van der Waals surface area contributed by atoms with E-state index in [1.54, 1.807) is 43.3 Å². The summed E-state index contributed by atoms with van der Waals surface area (Å²) in [4.78, 5) is 23.6. The third-order valence-electron chi connectivity index (χ3n) is 4.96. The number of aromatic nitrogens is 3. The average molecular weight is 520 g/mol. The van der Waals surface area contributed by atoms with Crippen LogP contribution in [0.15, 0.2) is 89.1 Å². The third-order valence-corrected chi connectivity index (χ3v) is 6.15. The molecule has 0 fully saturated rings. The Morgan fingerprint density at radius 1 is 0.972 bits per heavy atom. The summed E-state index contributed by atoms with van der Waals surface area (Å²) < 4.78 is 6.93. The second-order valence-corrected chi connectivity index (χ2v) is 9.00. The quantitative estimate of drug-likeness (QED) is 0.114. The van der Waals surface area contributed by atoms with Gasteiger partial charge in [-0.1, -0.05) is 41.6 Å². The number of carbonyl (C=O) groups excluding carboxylic acids is 2. The number of hydrazone groups is 1. The zero-order valence-electron chi connectivity index (χ0n) is 19.5. The summed E-state index contributed by atoms with van der Waals surface area (Å²) in [6.45, 7) is 3.12. The summed E-state index contributed by atoms with van der Waals surface area (Å²) in [5.74, 6) is 0.507. The van der Waals surface area contributed by atoms with Crippen LogP contribution < -0.4 is 10.2 Å². The van der Waals surface area contributed by atoms with Crippen molar-refractivity contribution in [1.82, 2.24) is 20.2 Å². The summed E-state index contributed by atoms with van der Waals surface area (Å²) in [7, 11) is 0. The van der Waals surface area contributed by atoms with Crippen LogP contribution in [0.5, 0.6) is 5.75 Å². The van der Waals surface area contributed by atoms with Crippen molar-refractivity contribution >= 4 is 41.0 Å². The molecule has 4 rings (SSSR count). The molecule has 182 valence electrons. The topological polar surface area (TPSA) is 98.5 Å². The van der Waals surface area contributed by atoms with E-state index >= 15 is 0 Å². The number of nitrogens with zero attached hydrogens (tertiary/aromatic N) is 4. The smallest absolute Gasteiger partial charge is 0.308 e. The molecule has 1 aromatic heterocycles. The van der Waals surface area contributed by atoms with Crippen molar-refractivity contribution in [2.75, 3.05) is 5.75 Å². The van der Waals surface area contributed by atoms with Crippen LogP contribution in [0.4, 0.5) is 0 Å². The molecule has 0 spiro atoms. The van der Waals surface area contributed by atoms with Crippen molar-refractivity contribution in [2.45, 2.75) is 19.0 Å². The molecule has 0 aliphatic rings. The minimum atomic E-state index is -0.388. The fraction of sp³-hybridized carbons (Fsp3) is 0.115. The number of hydrogen-bond acceptors (Lipinski definition) is 7. The molecule has 1 heterocycles. The first-order chi connectivity index (χ1) is 17.4. The van der Waals surface area contributed by atoms with Crippen molar-refractivity contribution in [3.63, 3.8) is 0 Å². The van der Waals surface area contributed by atoms with Crippen LogP contribution in [0.25, 0.3) is 17.1 Å². The summed E-state index contributed by atoms with van der Waals surface area (Å²) in [6, 6.07) is 23.9. The highest BCUT2D eigenvalue weighted by Crippen LogP contribution is 2.28. The fourth-order valence-electron chi connectivity index (χ4n) is 3.26. The van der Waals surface area contributed by atoms with Gasteiger partial charge in [-0.3, -0.25) is 14.2 Å². The number of nitrogens with one attached hydrogen (secondary N) is 1. The molecule has 0 bridgehead atoms. The van der Waals surface area contributed by atoms with Gasteiger partial charge in [0.25, 0.3) is 5.91 Å². The summed E-state index contributed by atoms with van der Waals surface area (Å²) in [5.41, 5.74) is 5.70. The van der Waals surface area contributed by atoms with Gasteiger partial charge in [0.1, 0.15) is 5.75 Å². The highest BCUT2D eigenvalue weighted by molar-refractivity contribution is 7.99. The Kier molecular flexibility index (Phi) is 8.14. The van der Waals surface area contributed by atoms with E-state index in [-0.39, 0.29) is 17.6 Å². The van der Waals surface area contributed by atoms with E-state index in [2.05, 4.69) is 20.7 Å². The molecule has 0 unspecified atom stereocenters. The van der Waals surface area contributed by atoms with Gasteiger partial charge in [-0.2, -0.15) is 5.10 Å². The number of thioether (sulfide) groups is 1. The van der Waals surface area contributed by atoms with Crippen molar-refractivity contribution in [2.24, 2.45) is 5.10 Å². The number of hydrogen-bond donors (Lipinski definition) is 1. The first-order valence-electron chi connectivity index (χ1n) is 10.9. The highest BCUT2D eigenvalue weighted by atomic mass is 35.5. The molecular weight excluding hydrogens is 498 g/mol. The third kappa shape index (κ3) is 6.38. The van der Waals surface area contributed by atoms with Gasteiger partial charge in [-0.05, 0) is 73.2 Å². The lowest BCUT2D eigenvalue weighted by Crippen LogP contribution is -2.21. The first kappa shape index (κ1) is 25.2. The Balaban J connectivity index is 1.45. The fourth-order valence-corrected chi connectivity index (χ4v) is 4.13. The predicted molar refractivity (Wildman–Crippen MR) is 141 cm³/mol. The van der Waals surface area contributed by atoms with Crippen LogP contribution in [0.1, 0.15) is 19.4 Å². The van der Waals surface area contributed by atoms with E-state index in [0.717, 1.165) is 16.8 Å². The lowest BCUT2D eigenvalue weighted by Gasteiger charge is -2.10. The highest BCUT2D eigenvalue weighted by Gasteiger charge is 2.17. The zero-order valence-corrected chi connectivity index (χ0v) is 21.1. The van der Waals surface area contributed by atoms with E-state index in [1.807, 2.05) is 47.0 Å². The molecule has 36 heavy (non-hydrogen) atoms. The maximum atomic E-state index is 12.5. The molecular formula is C26H22ClN5O3S. The maximum Gasteiger partial charge on any atom is 0.308 e. The van der Waals surface area contributed by atoms with E-state index in [9.17, 15) is 9.59 Å². The largest absolute Gasteiger partial charge is 0.427 e. The molecule has 0 saturated heterocycles. The van der Waals surface area contributed by atoms with Crippen molar-refractivity contribution in [1.29, 1.82) is 0 Å². The van der Waals surface area contributed by atoms with Crippen molar-refractivity contribution in [3.05, 3.63) is 89.4 Å². The Bertz CT molecular complexity index is 1390. The molecule has 0 saturated carbocycles. The van der Waals surface area contributed by atoms with Gasteiger partial charge in [0, 0.05) is 23.2 Å². The molecule has 0 aliphatic heterocycles. The number of halogens is 1. The molecule has 0 atom stereocenters. The molecule has 4 aromatic rings. The zero-order chi connectivity index (χ0) is 25.5. The second kappa shape index (κ2) is 11.7. The summed E-state index contributed by atoms with van der Waals surface area (Å²) >= 11 is 7.30. The molecule has 10 heteroatoms. The molecule has 0 aliphatic carbocycles. The maximum absolute atomic E-state index is 12.5. The number of ether oxygens (including phenoxy) is 1. The van der Waals surface area contributed by atoms with Crippen LogP contribution in [-0.2, 0) is 9.59 Å². The van der Waals surface area contributed by atoms with E-state index in [4.69, 9.17) is 16.3 Å². The molecule has 1 N–H and O–H groups in total. The minimum Gasteiger partial charge on any atom is -0.427 e. The normalized spacial score (nSPS) is 11.2. The lowest BCUT2D eigenvalue weighted by molar-refractivity contribution is -0.131. The summed E-state index contributed by atoms with van der Waals surface area (Å²) in [5, 5.41) is 14.1. The SMILES string of the molecule is CC(=O)Oc1ccc(C(C)=NNC(=O)CSc2nnc(-c3ccc(Cl)cc3)n2-c2ccccc2)cc1. The first-order valence-corrected chi connectivity index (χ1v) is 12.3. The van der Waals surface area contributed by atoms with Crippen LogP contribution >= 0.6 is 23.4 Å². The van der Waals surface area contributed by atoms with Gasteiger partial charge in [0.05, 0.1) is 11.5 Å². The standard InChI is InChI=1S/C26H22ClN5O3S/c1-17(19-10-14-23(15-11-19)35-18(2)33)28-29-24(34)16-36-26-31-30-25(20-8-12-21(27)13-9-20)32(26)22-6-4-3-5-7-22/h3-15H,16H2,1-2H3,(H,29,34). The molecule has 8 nitrogen and oxygen atoms in total. The Morgan fingerprint density at radius 3 is 2.33 bits per heavy atom. The van der Waals surface area contributed by atoms with Gasteiger partial charge >= 0.3 is 5.97 Å². The Hall–Kier alpha value is -3.95. The van der Waals surface area contributed by atoms with Crippen LogP contribution in [0, 0.1) is 0 Å². The van der Waals surface area contributed by atoms with E-state index in [0.29, 0.717) is 27.5 Å². The predicted octanol–water partition coefficient (Wildman–Crippen LogP) is 5.15. The second-order valence-electron chi connectivity index (χ2n) is 7.62. The Morgan fingerprint density at radius 2 is 1.67 bits per heavy atom. The van der Waals surface area contributed by atoms with Gasteiger partial charge in [0.15, 0.2) is 11.0 Å². The molecule has 3 aromatic carbocycles. The molecule has 1 amide bonds. The van der Waals surface area contributed by atoms with E-state index < -0.39 is 0 Å². The number of rotatable bonds is 8. The number of esters is 1. The number of carbonyl (C=O) groups is 2. The Labute approximate surface area is 217 Å². The van der Waals surface area contributed by atoms with Crippen LogP contribution in [0.2, 0.25) is 5.02 Å². The van der Waals surface area contributed by atoms with Crippen LogP contribution in [0.3, 0.4) is 0 Å². The van der Waals surface area contributed by atoms with Crippen molar-refractivity contribution < 1.29 is 14.3 Å². The van der Waals surface area contributed by atoms with Crippen molar-refractivity contribution in [3.8, 4) is 22.8 Å². The number of benzene rings is 3. The molecule has 0 radical (unpaired) electrons. The number of para-hydroxylation sites is 1. The monoisotopic (exact) mass is 519 g/mol.